The van der Waals surface area contributed by atoms with Crippen molar-refractivity contribution in [1.29, 1.82) is 5.41 Å². The highest BCUT2D eigenvalue weighted by Crippen LogP contribution is 2.19. The molecule has 1 fully saturated rings. The van der Waals surface area contributed by atoms with E-state index in [1.165, 1.54) is 4.31 Å². The molecule has 100 valence electrons. The van der Waals surface area contributed by atoms with Crippen LogP contribution in [0.3, 0.4) is 0 Å². The second-order valence-corrected chi connectivity index (χ2v) is 6.90. The average molecular weight is 262 g/mol. The first kappa shape index (κ1) is 14.4. The minimum Gasteiger partial charge on any atom is -0.386 e. The quantitative estimate of drug-likeness (QED) is 0.501. The van der Waals surface area contributed by atoms with E-state index in [1.54, 1.807) is 13.8 Å². The molecule has 0 saturated carbocycles. The van der Waals surface area contributed by atoms with Gasteiger partial charge < -0.3 is 5.73 Å². The molecule has 6 nitrogen and oxygen atoms in total. The molecule has 0 aromatic carbocycles. The van der Waals surface area contributed by atoms with Crippen LogP contribution in [-0.4, -0.2) is 37.2 Å². The summed E-state index contributed by atoms with van der Waals surface area (Å²) in [7, 11) is -3.55. The van der Waals surface area contributed by atoms with Gasteiger partial charge >= 0.3 is 0 Å². The van der Waals surface area contributed by atoms with Gasteiger partial charge in [-0.25, -0.2) is 0 Å². The van der Waals surface area contributed by atoms with Crippen LogP contribution < -0.4 is 10.5 Å². The number of hydrogen-bond donors (Lipinski definition) is 3. The van der Waals surface area contributed by atoms with E-state index in [0.717, 1.165) is 12.8 Å². The normalized spacial score (nSPS) is 20.4. The van der Waals surface area contributed by atoms with Gasteiger partial charge in [0.1, 0.15) is 5.84 Å². The number of rotatable bonds is 4. The molecular formula is C10H22N4O2S. The van der Waals surface area contributed by atoms with Crippen molar-refractivity contribution >= 4 is 16.0 Å². The van der Waals surface area contributed by atoms with Crippen molar-refractivity contribution in [1.82, 2.24) is 9.03 Å². The van der Waals surface area contributed by atoms with Gasteiger partial charge in [-0.2, -0.15) is 17.4 Å². The van der Waals surface area contributed by atoms with Crippen molar-refractivity contribution in [2.75, 3.05) is 13.1 Å². The lowest BCUT2D eigenvalue weighted by Gasteiger charge is -2.33. The maximum atomic E-state index is 12.1. The van der Waals surface area contributed by atoms with E-state index in [0.29, 0.717) is 19.0 Å². The van der Waals surface area contributed by atoms with Crippen molar-refractivity contribution in [3.8, 4) is 0 Å². The van der Waals surface area contributed by atoms with E-state index < -0.39 is 15.7 Å². The Kier molecular flexibility index (Phi) is 4.16. The second kappa shape index (κ2) is 4.91. The summed E-state index contributed by atoms with van der Waals surface area (Å²) in [6.07, 6.45) is 1.75. The zero-order valence-corrected chi connectivity index (χ0v) is 11.5. The molecule has 4 N–H and O–H groups in total. The highest BCUT2D eigenvalue weighted by atomic mass is 32.2. The third-order valence-corrected chi connectivity index (χ3v) is 4.95. The number of nitrogens with zero attached hydrogens (tertiary/aromatic N) is 1. The van der Waals surface area contributed by atoms with Gasteiger partial charge in [0, 0.05) is 13.1 Å². The number of hydrogen-bond acceptors (Lipinski definition) is 3. The van der Waals surface area contributed by atoms with Crippen LogP contribution in [0.25, 0.3) is 0 Å². The van der Waals surface area contributed by atoms with Gasteiger partial charge in [-0.1, -0.05) is 6.92 Å². The van der Waals surface area contributed by atoms with E-state index in [9.17, 15) is 8.42 Å². The van der Waals surface area contributed by atoms with Gasteiger partial charge in [0.15, 0.2) is 0 Å². The summed E-state index contributed by atoms with van der Waals surface area (Å²) in [5.74, 6) is 0.383. The largest absolute Gasteiger partial charge is 0.386 e. The first-order chi connectivity index (χ1) is 7.65. The monoisotopic (exact) mass is 262 g/mol. The molecule has 1 aliphatic heterocycles. The summed E-state index contributed by atoms with van der Waals surface area (Å²) >= 11 is 0. The predicted molar refractivity (Wildman–Crippen MR) is 68.0 cm³/mol. The smallest absolute Gasteiger partial charge is 0.280 e. The maximum absolute atomic E-state index is 12.1. The Balaban J connectivity index is 2.73. The number of amidine groups is 1. The second-order valence-electron chi connectivity index (χ2n) is 5.23. The van der Waals surface area contributed by atoms with Gasteiger partial charge in [-0.05, 0) is 32.6 Å². The Labute approximate surface area is 103 Å². The van der Waals surface area contributed by atoms with E-state index >= 15 is 0 Å². The van der Waals surface area contributed by atoms with Crippen LogP contribution in [0.2, 0.25) is 0 Å². The molecule has 1 aliphatic rings. The summed E-state index contributed by atoms with van der Waals surface area (Å²) in [4.78, 5) is 0. The standard InChI is InChI=1S/C10H22N4O2S/c1-8-4-6-14(7-5-8)17(15,16)13-10(2,3)9(11)12/h8,13H,4-7H2,1-3H3,(H3,11,12). The van der Waals surface area contributed by atoms with Crippen LogP contribution in [-0.2, 0) is 10.2 Å². The molecule has 0 bridgehead atoms. The third kappa shape index (κ3) is 3.65. The molecule has 0 atom stereocenters. The minimum atomic E-state index is -3.55. The fraction of sp³-hybridized carbons (Fsp3) is 0.900. The van der Waals surface area contributed by atoms with Gasteiger partial charge in [0.05, 0.1) is 5.54 Å². The summed E-state index contributed by atoms with van der Waals surface area (Å²) in [6, 6.07) is 0. The Bertz CT molecular complexity index is 383. The molecular weight excluding hydrogens is 240 g/mol. The van der Waals surface area contributed by atoms with Crippen LogP contribution in [0, 0.1) is 11.3 Å². The zero-order valence-electron chi connectivity index (χ0n) is 10.7. The lowest BCUT2D eigenvalue weighted by atomic mass is 10.0. The maximum Gasteiger partial charge on any atom is 0.280 e. The third-order valence-electron chi connectivity index (χ3n) is 3.14. The van der Waals surface area contributed by atoms with Crippen molar-refractivity contribution in [3.05, 3.63) is 0 Å². The Morgan fingerprint density at radius 1 is 1.41 bits per heavy atom. The first-order valence-electron chi connectivity index (χ1n) is 5.79. The van der Waals surface area contributed by atoms with E-state index in [4.69, 9.17) is 11.1 Å². The Hall–Kier alpha value is -0.660. The van der Waals surface area contributed by atoms with E-state index in [2.05, 4.69) is 11.6 Å². The van der Waals surface area contributed by atoms with Crippen molar-refractivity contribution in [2.24, 2.45) is 11.7 Å². The molecule has 0 radical (unpaired) electrons. The summed E-state index contributed by atoms with van der Waals surface area (Å²) in [5, 5.41) is 7.36. The predicted octanol–water partition coefficient (Wildman–Crippen LogP) is 0.267. The average Bonchev–Trinajstić information content (AvgIpc) is 2.16. The molecule has 1 saturated heterocycles. The Morgan fingerprint density at radius 3 is 2.29 bits per heavy atom. The highest BCUT2D eigenvalue weighted by Gasteiger charge is 2.33. The van der Waals surface area contributed by atoms with Crippen molar-refractivity contribution in [3.63, 3.8) is 0 Å². The lowest BCUT2D eigenvalue weighted by Crippen LogP contribution is -2.57. The fourth-order valence-electron chi connectivity index (χ4n) is 1.67. The SMILES string of the molecule is CC1CCN(S(=O)(=O)NC(C)(C)C(=N)N)CC1. The van der Waals surface area contributed by atoms with Gasteiger partial charge in [-0.3, -0.25) is 5.41 Å². The molecule has 0 aromatic heterocycles. The van der Waals surface area contributed by atoms with E-state index in [1.807, 2.05) is 0 Å². The topological polar surface area (TPSA) is 99.3 Å². The molecule has 1 rings (SSSR count). The van der Waals surface area contributed by atoms with Crippen molar-refractivity contribution < 1.29 is 8.42 Å². The zero-order chi connectivity index (χ0) is 13.3. The Morgan fingerprint density at radius 2 is 1.88 bits per heavy atom. The van der Waals surface area contributed by atoms with Crippen LogP contribution in [0.5, 0.6) is 0 Å². The lowest BCUT2D eigenvalue weighted by molar-refractivity contribution is 0.282. The molecule has 0 aromatic rings. The van der Waals surface area contributed by atoms with Gasteiger partial charge in [0.2, 0.25) is 0 Å². The molecule has 0 amide bonds. The van der Waals surface area contributed by atoms with Crippen molar-refractivity contribution in [2.45, 2.75) is 39.2 Å². The molecule has 17 heavy (non-hydrogen) atoms. The first-order valence-corrected chi connectivity index (χ1v) is 7.23. The fourth-order valence-corrected chi connectivity index (χ4v) is 3.24. The molecule has 7 heteroatoms. The molecule has 0 unspecified atom stereocenters. The van der Waals surface area contributed by atoms with E-state index in [-0.39, 0.29) is 5.84 Å². The number of nitrogens with one attached hydrogen (secondary N) is 2. The van der Waals surface area contributed by atoms with Crippen LogP contribution in [0.1, 0.15) is 33.6 Å². The number of nitrogens with two attached hydrogens (primary N) is 1. The highest BCUT2D eigenvalue weighted by molar-refractivity contribution is 7.87. The molecule has 0 aliphatic carbocycles. The van der Waals surface area contributed by atoms with Crippen LogP contribution >= 0.6 is 0 Å². The van der Waals surface area contributed by atoms with Gasteiger partial charge in [0.25, 0.3) is 10.2 Å². The van der Waals surface area contributed by atoms with Crippen LogP contribution in [0.4, 0.5) is 0 Å². The van der Waals surface area contributed by atoms with Crippen LogP contribution in [0.15, 0.2) is 0 Å². The molecule has 0 spiro atoms. The summed E-state index contributed by atoms with van der Waals surface area (Å²) in [6.45, 7) is 6.35. The van der Waals surface area contributed by atoms with Gasteiger partial charge in [-0.15, -0.1) is 0 Å². The minimum absolute atomic E-state index is 0.188. The molecule has 1 heterocycles. The number of piperidine rings is 1. The summed E-state index contributed by atoms with van der Waals surface area (Å²) < 4.78 is 28.0. The summed E-state index contributed by atoms with van der Waals surface area (Å²) in [5.41, 5.74) is 4.33.